The molecule has 1 aliphatic heterocycles. The van der Waals surface area contributed by atoms with E-state index in [0.29, 0.717) is 5.56 Å². The number of nitrogens with one attached hydrogen (secondary N) is 1. The molecule has 1 amide bonds. The first-order chi connectivity index (χ1) is 12.1. The van der Waals surface area contributed by atoms with E-state index < -0.39 is 0 Å². The fraction of sp³-hybridized carbons (Fsp3) is 0.421. The number of rotatable bonds is 4. The highest BCUT2D eigenvalue weighted by Gasteiger charge is 2.27. The van der Waals surface area contributed by atoms with Crippen LogP contribution in [0.3, 0.4) is 0 Å². The molecule has 0 radical (unpaired) electrons. The lowest BCUT2D eigenvalue weighted by molar-refractivity contribution is -0.126. The normalized spacial score (nSPS) is 16.3. The second-order valence-electron chi connectivity index (χ2n) is 6.46. The Morgan fingerprint density at radius 1 is 1.36 bits per heavy atom. The van der Waals surface area contributed by atoms with Crippen LogP contribution in [-0.4, -0.2) is 24.0 Å². The van der Waals surface area contributed by atoms with Crippen molar-refractivity contribution in [3.05, 3.63) is 47.5 Å². The van der Waals surface area contributed by atoms with E-state index in [-0.39, 0.29) is 17.9 Å². The Morgan fingerprint density at radius 3 is 2.68 bits per heavy atom. The number of furan rings is 1. The monoisotopic (exact) mass is 338 g/mol. The van der Waals surface area contributed by atoms with Crippen molar-refractivity contribution in [3.8, 4) is 6.07 Å². The Bertz CT molecular complexity index is 767. The minimum absolute atomic E-state index is 0.00754. The number of nitrogens with zero attached hydrogens (tertiary/aromatic N) is 3. The topological polar surface area (TPSA) is 82.2 Å². The molecule has 1 atom stereocenters. The molecule has 0 aliphatic carbocycles. The van der Waals surface area contributed by atoms with Crippen LogP contribution in [0.25, 0.3) is 0 Å². The van der Waals surface area contributed by atoms with Gasteiger partial charge in [-0.2, -0.15) is 5.26 Å². The molecule has 25 heavy (non-hydrogen) atoms. The van der Waals surface area contributed by atoms with E-state index in [1.165, 1.54) is 0 Å². The number of hydrogen-bond donors (Lipinski definition) is 1. The van der Waals surface area contributed by atoms with Crippen LogP contribution in [0.1, 0.15) is 42.9 Å². The SMILES string of the molecule is Cc1ccc([C@H](C)NC(=O)C2CCN(c3ccc(C#N)cn3)CC2)o1. The maximum atomic E-state index is 12.5. The van der Waals surface area contributed by atoms with E-state index in [1.54, 1.807) is 12.3 Å². The summed E-state index contributed by atoms with van der Waals surface area (Å²) in [7, 11) is 0. The largest absolute Gasteiger partial charge is 0.464 e. The number of hydrogen-bond acceptors (Lipinski definition) is 5. The predicted molar refractivity (Wildman–Crippen MR) is 93.9 cm³/mol. The molecule has 3 rings (SSSR count). The van der Waals surface area contributed by atoms with Gasteiger partial charge in [-0.05, 0) is 51.0 Å². The number of piperidine rings is 1. The van der Waals surface area contributed by atoms with Gasteiger partial charge in [-0.1, -0.05) is 0 Å². The van der Waals surface area contributed by atoms with Crippen molar-refractivity contribution in [1.29, 1.82) is 5.26 Å². The molecule has 0 bridgehead atoms. The first-order valence-corrected chi connectivity index (χ1v) is 8.54. The summed E-state index contributed by atoms with van der Waals surface area (Å²) < 4.78 is 5.57. The second-order valence-corrected chi connectivity index (χ2v) is 6.46. The van der Waals surface area contributed by atoms with Crippen LogP contribution in [-0.2, 0) is 4.79 Å². The van der Waals surface area contributed by atoms with Gasteiger partial charge in [0.05, 0.1) is 11.6 Å². The molecule has 0 aromatic carbocycles. The lowest BCUT2D eigenvalue weighted by Crippen LogP contribution is -2.41. The van der Waals surface area contributed by atoms with Gasteiger partial charge in [0.2, 0.25) is 5.91 Å². The third-order valence-electron chi connectivity index (χ3n) is 4.61. The Hall–Kier alpha value is -2.81. The number of carbonyl (C=O) groups is 1. The Balaban J connectivity index is 1.52. The smallest absolute Gasteiger partial charge is 0.223 e. The molecule has 1 aliphatic rings. The van der Waals surface area contributed by atoms with Crippen LogP contribution in [0.2, 0.25) is 0 Å². The molecule has 6 heteroatoms. The van der Waals surface area contributed by atoms with E-state index in [4.69, 9.17) is 9.68 Å². The van der Waals surface area contributed by atoms with E-state index in [2.05, 4.69) is 21.3 Å². The van der Waals surface area contributed by atoms with Crippen molar-refractivity contribution < 1.29 is 9.21 Å². The van der Waals surface area contributed by atoms with Gasteiger partial charge in [0.15, 0.2) is 0 Å². The minimum atomic E-state index is -0.126. The van der Waals surface area contributed by atoms with Crippen molar-refractivity contribution >= 4 is 11.7 Å². The first kappa shape index (κ1) is 17.0. The molecule has 2 aromatic rings. The van der Waals surface area contributed by atoms with Crippen LogP contribution < -0.4 is 10.2 Å². The zero-order valence-corrected chi connectivity index (χ0v) is 14.5. The Kier molecular flexibility index (Phi) is 5.03. The average molecular weight is 338 g/mol. The van der Waals surface area contributed by atoms with Gasteiger partial charge in [0, 0.05) is 25.2 Å². The van der Waals surface area contributed by atoms with Gasteiger partial charge in [0.1, 0.15) is 23.4 Å². The molecular weight excluding hydrogens is 316 g/mol. The molecule has 3 heterocycles. The second kappa shape index (κ2) is 7.39. The highest BCUT2D eigenvalue weighted by Crippen LogP contribution is 2.23. The quantitative estimate of drug-likeness (QED) is 0.927. The maximum absolute atomic E-state index is 12.5. The molecule has 2 aromatic heterocycles. The minimum Gasteiger partial charge on any atom is -0.464 e. The molecule has 6 nitrogen and oxygen atoms in total. The summed E-state index contributed by atoms with van der Waals surface area (Å²) >= 11 is 0. The lowest BCUT2D eigenvalue weighted by Gasteiger charge is -2.32. The number of nitriles is 1. The highest BCUT2D eigenvalue weighted by molar-refractivity contribution is 5.79. The van der Waals surface area contributed by atoms with Crippen LogP contribution in [0, 0.1) is 24.2 Å². The summed E-state index contributed by atoms with van der Waals surface area (Å²) in [5, 5.41) is 11.9. The van der Waals surface area contributed by atoms with Crippen molar-refractivity contribution in [3.63, 3.8) is 0 Å². The molecule has 0 unspecified atom stereocenters. The average Bonchev–Trinajstić information content (AvgIpc) is 3.08. The molecule has 0 spiro atoms. The highest BCUT2D eigenvalue weighted by atomic mass is 16.3. The molecule has 1 saturated heterocycles. The summed E-state index contributed by atoms with van der Waals surface area (Å²) in [5.41, 5.74) is 0.556. The summed E-state index contributed by atoms with van der Waals surface area (Å²) in [6, 6.07) is 9.38. The number of pyridine rings is 1. The first-order valence-electron chi connectivity index (χ1n) is 8.54. The van der Waals surface area contributed by atoms with Gasteiger partial charge >= 0.3 is 0 Å². The van der Waals surface area contributed by atoms with Gasteiger partial charge in [-0.15, -0.1) is 0 Å². The molecule has 130 valence electrons. The van der Waals surface area contributed by atoms with Crippen LogP contribution in [0.15, 0.2) is 34.9 Å². The van der Waals surface area contributed by atoms with Gasteiger partial charge in [0.25, 0.3) is 0 Å². The fourth-order valence-electron chi connectivity index (χ4n) is 3.10. The number of aromatic nitrogens is 1. The van der Waals surface area contributed by atoms with Crippen molar-refractivity contribution in [2.24, 2.45) is 5.92 Å². The van der Waals surface area contributed by atoms with Crippen LogP contribution in [0.4, 0.5) is 5.82 Å². The molecule has 1 N–H and O–H groups in total. The molecule has 0 saturated carbocycles. The summed E-state index contributed by atoms with van der Waals surface area (Å²) in [5.74, 6) is 2.57. The van der Waals surface area contributed by atoms with E-state index in [0.717, 1.165) is 43.3 Å². The predicted octanol–water partition coefficient (Wildman–Crippen LogP) is 2.95. The maximum Gasteiger partial charge on any atom is 0.223 e. The lowest BCUT2D eigenvalue weighted by atomic mass is 9.95. The Morgan fingerprint density at radius 2 is 2.12 bits per heavy atom. The van der Waals surface area contributed by atoms with E-state index in [9.17, 15) is 4.79 Å². The van der Waals surface area contributed by atoms with Crippen LogP contribution >= 0.6 is 0 Å². The van der Waals surface area contributed by atoms with E-state index >= 15 is 0 Å². The zero-order valence-electron chi connectivity index (χ0n) is 14.5. The van der Waals surface area contributed by atoms with Crippen molar-refractivity contribution in [2.75, 3.05) is 18.0 Å². The van der Waals surface area contributed by atoms with E-state index in [1.807, 2.05) is 32.0 Å². The molecular formula is C19H22N4O2. The standard InChI is InChI=1S/C19H22N4O2/c1-13-3-5-17(25-13)14(2)22-19(24)16-7-9-23(10-8-16)18-6-4-15(11-20)12-21-18/h3-6,12,14,16H,7-10H2,1-2H3,(H,22,24)/t14-/m0/s1. The third-order valence-corrected chi connectivity index (χ3v) is 4.61. The van der Waals surface area contributed by atoms with Crippen LogP contribution in [0.5, 0.6) is 0 Å². The Labute approximate surface area is 147 Å². The van der Waals surface area contributed by atoms with Gasteiger partial charge < -0.3 is 14.6 Å². The summed E-state index contributed by atoms with van der Waals surface area (Å²) in [4.78, 5) is 19.0. The van der Waals surface area contributed by atoms with Gasteiger partial charge in [-0.25, -0.2) is 4.98 Å². The fourth-order valence-corrected chi connectivity index (χ4v) is 3.10. The van der Waals surface area contributed by atoms with Crippen molar-refractivity contribution in [1.82, 2.24) is 10.3 Å². The summed E-state index contributed by atoms with van der Waals surface area (Å²) in [6.07, 6.45) is 3.16. The number of aryl methyl sites for hydroxylation is 1. The molecule has 1 fully saturated rings. The number of amides is 1. The third kappa shape index (κ3) is 4.00. The van der Waals surface area contributed by atoms with Crippen molar-refractivity contribution in [2.45, 2.75) is 32.7 Å². The number of carbonyl (C=O) groups excluding carboxylic acids is 1. The zero-order chi connectivity index (χ0) is 17.8. The number of anilines is 1. The summed E-state index contributed by atoms with van der Waals surface area (Å²) in [6.45, 7) is 5.40. The van der Waals surface area contributed by atoms with Gasteiger partial charge in [-0.3, -0.25) is 4.79 Å².